The quantitative estimate of drug-likeness (QED) is 0.408. The highest BCUT2D eigenvalue weighted by Crippen LogP contribution is 2.43. The Labute approximate surface area is 226 Å². The Morgan fingerprint density at radius 3 is 2.39 bits per heavy atom. The van der Waals surface area contributed by atoms with Crippen LogP contribution in [-0.2, 0) is 10.2 Å². The third-order valence-electron chi connectivity index (χ3n) is 6.90. The first-order chi connectivity index (χ1) is 18.0. The summed E-state index contributed by atoms with van der Waals surface area (Å²) in [6.45, 7) is 5.76. The second-order valence-electron chi connectivity index (χ2n) is 10.7. The van der Waals surface area contributed by atoms with Crippen molar-refractivity contribution in [1.82, 2.24) is 15.1 Å². The molecule has 1 aromatic heterocycles. The van der Waals surface area contributed by atoms with Gasteiger partial charge in [0.25, 0.3) is 5.56 Å². The number of aromatic nitrogens is 2. The zero-order valence-electron chi connectivity index (χ0n) is 21.7. The first-order valence-electron chi connectivity index (χ1n) is 12.6. The van der Waals surface area contributed by atoms with Crippen molar-refractivity contribution in [3.05, 3.63) is 87.2 Å². The van der Waals surface area contributed by atoms with Gasteiger partial charge in [-0.3, -0.25) is 4.79 Å². The summed E-state index contributed by atoms with van der Waals surface area (Å²) < 4.78 is 6.77. The number of halogens is 1. The predicted molar refractivity (Wildman–Crippen MR) is 146 cm³/mol. The zero-order valence-corrected chi connectivity index (χ0v) is 22.5. The van der Waals surface area contributed by atoms with Crippen molar-refractivity contribution in [3.63, 3.8) is 0 Å². The van der Waals surface area contributed by atoms with Crippen molar-refractivity contribution in [1.29, 1.82) is 0 Å². The van der Waals surface area contributed by atoms with Gasteiger partial charge in [0.15, 0.2) is 0 Å². The van der Waals surface area contributed by atoms with Gasteiger partial charge in [-0.2, -0.15) is 5.10 Å². The second-order valence-corrected chi connectivity index (χ2v) is 11.2. The average molecular weight is 538 g/mol. The molecule has 38 heavy (non-hydrogen) atoms. The maximum Gasteiger partial charge on any atom is 0.407 e. The molecule has 200 valence electrons. The van der Waals surface area contributed by atoms with Crippen LogP contribution < -0.4 is 10.9 Å². The number of nitrogens with one attached hydrogen (secondary N) is 1. The van der Waals surface area contributed by atoms with E-state index in [0.29, 0.717) is 42.9 Å². The first-order valence-corrected chi connectivity index (χ1v) is 13.0. The summed E-state index contributed by atoms with van der Waals surface area (Å²) in [6, 6.07) is 17.8. The minimum Gasteiger partial charge on any atom is -0.477 e. The molecule has 1 heterocycles. The number of benzene rings is 2. The van der Waals surface area contributed by atoms with Crippen LogP contribution >= 0.6 is 11.6 Å². The van der Waals surface area contributed by atoms with E-state index in [2.05, 4.69) is 10.4 Å². The number of amides is 1. The van der Waals surface area contributed by atoms with Gasteiger partial charge in [-0.05, 0) is 70.2 Å². The topological polar surface area (TPSA) is 111 Å². The molecule has 1 amide bonds. The summed E-state index contributed by atoms with van der Waals surface area (Å²) in [5, 5.41) is 17.8. The van der Waals surface area contributed by atoms with Crippen LogP contribution in [0.4, 0.5) is 4.79 Å². The lowest BCUT2D eigenvalue weighted by Gasteiger charge is -2.41. The van der Waals surface area contributed by atoms with E-state index in [1.54, 1.807) is 6.07 Å². The van der Waals surface area contributed by atoms with Gasteiger partial charge in [-0.15, -0.1) is 0 Å². The molecule has 8 nitrogen and oxygen atoms in total. The van der Waals surface area contributed by atoms with Gasteiger partial charge in [0.1, 0.15) is 11.2 Å². The predicted octanol–water partition coefficient (Wildman–Crippen LogP) is 5.84. The lowest BCUT2D eigenvalue weighted by atomic mass is 9.68. The highest BCUT2D eigenvalue weighted by Gasteiger charge is 2.39. The number of carbonyl (C=O) groups is 2. The number of ether oxygens (including phenoxy) is 1. The molecule has 1 aliphatic carbocycles. The second kappa shape index (κ2) is 11.0. The number of carbonyl (C=O) groups excluding carboxylic acids is 1. The van der Waals surface area contributed by atoms with Crippen LogP contribution in [0.25, 0.3) is 11.3 Å². The van der Waals surface area contributed by atoms with Gasteiger partial charge in [0.2, 0.25) is 0 Å². The summed E-state index contributed by atoms with van der Waals surface area (Å²) in [5.74, 6) is -1.28. The lowest BCUT2D eigenvalue weighted by molar-refractivity contribution is 0.0504. The molecule has 0 atom stereocenters. The number of carboxylic acid groups (broad SMARTS) is 1. The Balaban J connectivity index is 1.64. The summed E-state index contributed by atoms with van der Waals surface area (Å²) in [4.78, 5) is 37.5. The minimum absolute atomic E-state index is 0.293. The van der Waals surface area contributed by atoms with Crippen LogP contribution in [0.2, 0.25) is 5.02 Å². The molecule has 0 radical (unpaired) electrons. The van der Waals surface area contributed by atoms with Crippen LogP contribution in [0.1, 0.15) is 68.4 Å². The first kappa shape index (κ1) is 27.4. The van der Waals surface area contributed by atoms with E-state index in [-0.39, 0.29) is 11.6 Å². The number of rotatable bonds is 6. The van der Waals surface area contributed by atoms with Crippen molar-refractivity contribution >= 4 is 23.7 Å². The number of hydrogen-bond acceptors (Lipinski definition) is 5. The van der Waals surface area contributed by atoms with Crippen LogP contribution in [0.5, 0.6) is 0 Å². The molecule has 0 aliphatic heterocycles. The highest BCUT2D eigenvalue weighted by molar-refractivity contribution is 6.30. The molecule has 9 heteroatoms. The minimum atomic E-state index is -1.28. The van der Waals surface area contributed by atoms with E-state index >= 15 is 0 Å². The number of carboxylic acids is 1. The van der Waals surface area contributed by atoms with Crippen LogP contribution in [0, 0.1) is 0 Å². The van der Waals surface area contributed by atoms with E-state index in [4.69, 9.17) is 16.3 Å². The Bertz CT molecular complexity index is 1370. The van der Waals surface area contributed by atoms with Crippen molar-refractivity contribution in [2.45, 2.75) is 63.5 Å². The van der Waals surface area contributed by atoms with Gasteiger partial charge in [0, 0.05) is 22.5 Å². The van der Waals surface area contributed by atoms with E-state index in [1.165, 1.54) is 10.7 Å². The van der Waals surface area contributed by atoms with E-state index < -0.39 is 28.6 Å². The maximum absolute atomic E-state index is 13.1. The van der Waals surface area contributed by atoms with Gasteiger partial charge < -0.3 is 15.2 Å². The number of aromatic carboxylic acids is 1. The van der Waals surface area contributed by atoms with E-state index in [1.807, 2.05) is 69.3 Å². The largest absolute Gasteiger partial charge is 0.477 e. The standard InChI is InChI=1S/C29H32ClN3O5/c1-28(2,3)38-27(37)31-18-29(20-10-7-11-21(30)16-20)14-12-22(13-15-29)33-25(34)23(26(35)36)17-24(32-33)19-8-5-4-6-9-19/h4-11,16-17,22H,12-15,18H2,1-3H3,(H,31,37)(H,35,36). The Hall–Kier alpha value is -3.65. The normalized spacial score (nSPS) is 19.5. The number of alkyl carbamates (subject to hydrolysis) is 1. The Morgan fingerprint density at radius 1 is 1.11 bits per heavy atom. The molecule has 2 aromatic carbocycles. The van der Waals surface area contributed by atoms with Crippen molar-refractivity contribution in [2.75, 3.05) is 6.54 Å². The molecule has 0 bridgehead atoms. The maximum atomic E-state index is 13.1. The summed E-state index contributed by atoms with van der Waals surface area (Å²) in [6.07, 6.45) is 1.87. The fraction of sp³-hybridized carbons (Fsp3) is 0.379. The molecule has 0 spiro atoms. The van der Waals surface area contributed by atoms with E-state index in [9.17, 15) is 19.5 Å². The van der Waals surface area contributed by atoms with Gasteiger partial charge in [-0.1, -0.05) is 54.1 Å². The monoisotopic (exact) mass is 537 g/mol. The SMILES string of the molecule is CC(C)(C)OC(=O)NCC1(c2cccc(Cl)c2)CCC(n2nc(-c3ccccc3)cc(C(=O)O)c2=O)CC1. The van der Waals surface area contributed by atoms with Crippen molar-refractivity contribution < 1.29 is 19.4 Å². The molecule has 1 saturated carbocycles. The number of hydrogen-bond donors (Lipinski definition) is 2. The summed E-state index contributed by atoms with van der Waals surface area (Å²) in [7, 11) is 0. The molecule has 1 fully saturated rings. The van der Waals surface area contributed by atoms with Crippen LogP contribution in [-0.4, -0.2) is 39.1 Å². The van der Waals surface area contributed by atoms with Gasteiger partial charge in [-0.25, -0.2) is 14.3 Å². The fourth-order valence-electron chi connectivity index (χ4n) is 5.00. The third kappa shape index (κ3) is 6.25. The van der Waals surface area contributed by atoms with Crippen LogP contribution in [0.3, 0.4) is 0 Å². The third-order valence-corrected chi connectivity index (χ3v) is 7.14. The fourth-order valence-corrected chi connectivity index (χ4v) is 5.19. The summed E-state index contributed by atoms with van der Waals surface area (Å²) >= 11 is 6.32. The van der Waals surface area contributed by atoms with Crippen molar-refractivity contribution in [3.8, 4) is 11.3 Å². The zero-order chi connectivity index (χ0) is 27.5. The van der Waals surface area contributed by atoms with Crippen molar-refractivity contribution in [2.24, 2.45) is 0 Å². The smallest absolute Gasteiger partial charge is 0.407 e. The molecular weight excluding hydrogens is 506 g/mol. The average Bonchev–Trinajstić information content (AvgIpc) is 2.87. The van der Waals surface area contributed by atoms with Crippen LogP contribution in [0.15, 0.2) is 65.5 Å². The molecule has 1 aliphatic rings. The molecule has 0 saturated heterocycles. The van der Waals surface area contributed by atoms with Gasteiger partial charge >= 0.3 is 12.1 Å². The van der Waals surface area contributed by atoms with Gasteiger partial charge in [0.05, 0.1) is 11.7 Å². The molecule has 0 unspecified atom stereocenters. The Kier molecular flexibility index (Phi) is 7.92. The molecule has 4 rings (SSSR count). The molecule has 2 N–H and O–H groups in total. The lowest BCUT2D eigenvalue weighted by Crippen LogP contribution is -2.46. The number of nitrogens with zero attached hydrogens (tertiary/aromatic N) is 2. The Morgan fingerprint density at radius 2 is 1.79 bits per heavy atom. The summed E-state index contributed by atoms with van der Waals surface area (Å²) in [5.41, 5.74) is 0.165. The van der Waals surface area contributed by atoms with E-state index in [0.717, 1.165) is 11.1 Å². The molecule has 3 aromatic rings. The highest BCUT2D eigenvalue weighted by atomic mass is 35.5. The molecular formula is C29H32ClN3O5.